The molecular weight excluding hydrogens is 232 g/mol. The summed E-state index contributed by atoms with van der Waals surface area (Å²) in [6, 6.07) is 5.76. The van der Waals surface area contributed by atoms with E-state index in [0.29, 0.717) is 0 Å². The summed E-state index contributed by atoms with van der Waals surface area (Å²) < 4.78 is 1.15. The molecule has 0 aliphatic rings. The molecular formula is C10H11ClN2OS. The van der Waals surface area contributed by atoms with Gasteiger partial charge in [-0.25, -0.2) is 4.98 Å². The summed E-state index contributed by atoms with van der Waals surface area (Å²) in [4.78, 5) is 15.2. The smallest absolute Gasteiger partial charge is 0.221 e. The van der Waals surface area contributed by atoms with Crippen LogP contribution in [0.1, 0.15) is 11.9 Å². The van der Waals surface area contributed by atoms with Gasteiger partial charge in [0.1, 0.15) is 0 Å². The maximum atomic E-state index is 10.8. The van der Waals surface area contributed by atoms with Gasteiger partial charge in [0.25, 0.3) is 0 Å². The lowest BCUT2D eigenvalue weighted by Crippen LogP contribution is -2.05. The largest absolute Gasteiger partial charge is 0.326 e. The number of benzene rings is 1. The van der Waals surface area contributed by atoms with Gasteiger partial charge in [-0.05, 0) is 25.1 Å². The third-order valence-corrected chi connectivity index (χ3v) is 2.77. The lowest BCUT2D eigenvalue weighted by molar-refractivity contribution is -0.114. The van der Waals surface area contributed by atoms with Crippen molar-refractivity contribution in [2.24, 2.45) is 0 Å². The van der Waals surface area contributed by atoms with Crippen molar-refractivity contribution in [1.82, 2.24) is 4.98 Å². The van der Waals surface area contributed by atoms with Crippen LogP contribution >= 0.6 is 23.7 Å². The number of anilines is 1. The Morgan fingerprint density at radius 1 is 1.47 bits per heavy atom. The summed E-state index contributed by atoms with van der Waals surface area (Å²) in [5, 5.41) is 3.77. The zero-order valence-corrected chi connectivity index (χ0v) is 10.0. The standard InChI is InChI=1S/C10H10N2OS.ClH/c1-6(13)11-8-3-4-10-9(5-8)12-7(2)14-10;/h3-5H,1-2H3,(H,11,13);1H. The highest BCUT2D eigenvalue weighted by Crippen LogP contribution is 2.24. The van der Waals surface area contributed by atoms with Crippen LogP contribution in [0.15, 0.2) is 18.2 Å². The van der Waals surface area contributed by atoms with Crippen LogP contribution in [0.5, 0.6) is 0 Å². The molecule has 80 valence electrons. The van der Waals surface area contributed by atoms with Crippen molar-refractivity contribution in [3.63, 3.8) is 0 Å². The maximum absolute atomic E-state index is 10.8. The molecule has 2 rings (SSSR count). The van der Waals surface area contributed by atoms with Crippen LogP contribution in [0.2, 0.25) is 0 Å². The Hall–Kier alpha value is -1.13. The normalized spacial score (nSPS) is 9.73. The van der Waals surface area contributed by atoms with Gasteiger partial charge in [-0.2, -0.15) is 0 Å². The number of amides is 1. The first-order chi connectivity index (χ1) is 6.65. The number of hydrogen-bond donors (Lipinski definition) is 1. The molecule has 3 nitrogen and oxygen atoms in total. The summed E-state index contributed by atoms with van der Waals surface area (Å²) in [5.74, 6) is -0.0590. The van der Waals surface area contributed by atoms with Crippen molar-refractivity contribution in [3.05, 3.63) is 23.2 Å². The number of carbonyl (C=O) groups is 1. The SMILES string of the molecule is CC(=O)Nc1ccc2sc(C)nc2c1.Cl. The molecule has 0 fully saturated rings. The van der Waals surface area contributed by atoms with E-state index in [-0.39, 0.29) is 18.3 Å². The molecule has 2 aromatic rings. The summed E-state index contributed by atoms with van der Waals surface area (Å²) in [5.41, 5.74) is 1.74. The van der Waals surface area contributed by atoms with E-state index in [4.69, 9.17) is 0 Å². The predicted octanol–water partition coefficient (Wildman–Crippen LogP) is 2.98. The minimum absolute atomic E-state index is 0. The Labute approximate surface area is 97.9 Å². The Morgan fingerprint density at radius 3 is 2.87 bits per heavy atom. The second-order valence-corrected chi connectivity index (χ2v) is 4.33. The average Bonchev–Trinajstić information content (AvgIpc) is 2.42. The van der Waals surface area contributed by atoms with Gasteiger partial charge >= 0.3 is 0 Å². The van der Waals surface area contributed by atoms with Crippen LogP contribution in [-0.2, 0) is 4.79 Å². The van der Waals surface area contributed by atoms with Gasteiger partial charge < -0.3 is 5.32 Å². The predicted molar refractivity (Wildman–Crippen MR) is 65.9 cm³/mol. The fraction of sp³-hybridized carbons (Fsp3) is 0.200. The minimum atomic E-state index is -0.0590. The number of aryl methyl sites for hydroxylation is 1. The molecule has 0 atom stereocenters. The minimum Gasteiger partial charge on any atom is -0.326 e. The molecule has 5 heteroatoms. The van der Waals surface area contributed by atoms with E-state index in [0.717, 1.165) is 20.9 Å². The Bertz CT molecular complexity index is 495. The van der Waals surface area contributed by atoms with Crippen molar-refractivity contribution in [2.45, 2.75) is 13.8 Å². The van der Waals surface area contributed by atoms with Gasteiger partial charge in [-0.15, -0.1) is 23.7 Å². The Morgan fingerprint density at radius 2 is 2.20 bits per heavy atom. The van der Waals surface area contributed by atoms with Gasteiger partial charge in [-0.3, -0.25) is 4.79 Å². The summed E-state index contributed by atoms with van der Waals surface area (Å²) in [6.07, 6.45) is 0. The first-order valence-electron chi connectivity index (χ1n) is 4.30. The molecule has 0 aliphatic carbocycles. The second kappa shape index (κ2) is 4.59. The van der Waals surface area contributed by atoms with Crippen LogP contribution in [-0.4, -0.2) is 10.9 Å². The molecule has 0 saturated heterocycles. The van der Waals surface area contributed by atoms with E-state index in [1.54, 1.807) is 11.3 Å². The molecule has 1 aromatic heterocycles. The second-order valence-electron chi connectivity index (χ2n) is 3.10. The first-order valence-corrected chi connectivity index (χ1v) is 5.11. The number of halogens is 1. The van der Waals surface area contributed by atoms with Crippen LogP contribution < -0.4 is 5.32 Å². The number of nitrogens with zero attached hydrogens (tertiary/aromatic N) is 1. The van der Waals surface area contributed by atoms with Gasteiger partial charge in [-0.1, -0.05) is 0 Å². The van der Waals surface area contributed by atoms with E-state index in [2.05, 4.69) is 10.3 Å². The molecule has 1 amide bonds. The van der Waals surface area contributed by atoms with Crippen LogP contribution in [0.4, 0.5) is 5.69 Å². The molecule has 0 unspecified atom stereocenters. The van der Waals surface area contributed by atoms with Gasteiger partial charge in [0.15, 0.2) is 0 Å². The number of rotatable bonds is 1. The highest BCUT2D eigenvalue weighted by atomic mass is 35.5. The van der Waals surface area contributed by atoms with E-state index in [1.807, 2.05) is 25.1 Å². The number of hydrogen-bond acceptors (Lipinski definition) is 3. The van der Waals surface area contributed by atoms with E-state index in [9.17, 15) is 4.79 Å². The van der Waals surface area contributed by atoms with Crippen molar-refractivity contribution >= 4 is 45.6 Å². The fourth-order valence-electron chi connectivity index (χ4n) is 1.32. The summed E-state index contributed by atoms with van der Waals surface area (Å²) in [6.45, 7) is 3.47. The van der Waals surface area contributed by atoms with E-state index in [1.165, 1.54) is 6.92 Å². The van der Waals surface area contributed by atoms with Crippen LogP contribution in [0, 0.1) is 6.92 Å². The maximum Gasteiger partial charge on any atom is 0.221 e. The Kier molecular flexibility index (Phi) is 3.66. The molecule has 1 N–H and O–H groups in total. The molecule has 0 spiro atoms. The first kappa shape index (κ1) is 11.9. The van der Waals surface area contributed by atoms with Gasteiger partial charge in [0.2, 0.25) is 5.91 Å². The van der Waals surface area contributed by atoms with Crippen LogP contribution in [0.3, 0.4) is 0 Å². The average molecular weight is 243 g/mol. The molecule has 0 radical (unpaired) electrons. The number of fused-ring (bicyclic) bond motifs is 1. The topological polar surface area (TPSA) is 42.0 Å². The molecule has 0 saturated carbocycles. The fourth-order valence-corrected chi connectivity index (χ4v) is 2.13. The van der Waals surface area contributed by atoms with Gasteiger partial charge in [0, 0.05) is 12.6 Å². The molecule has 0 aliphatic heterocycles. The summed E-state index contributed by atoms with van der Waals surface area (Å²) in [7, 11) is 0. The summed E-state index contributed by atoms with van der Waals surface area (Å²) >= 11 is 1.66. The quantitative estimate of drug-likeness (QED) is 0.835. The Balaban J connectivity index is 0.00000112. The highest BCUT2D eigenvalue weighted by Gasteiger charge is 2.01. The number of carbonyl (C=O) groups excluding carboxylic acids is 1. The highest BCUT2D eigenvalue weighted by molar-refractivity contribution is 7.18. The van der Waals surface area contributed by atoms with Gasteiger partial charge in [0.05, 0.1) is 15.2 Å². The van der Waals surface area contributed by atoms with E-state index >= 15 is 0 Å². The molecule has 0 bridgehead atoms. The zero-order valence-electron chi connectivity index (χ0n) is 8.40. The van der Waals surface area contributed by atoms with Crippen molar-refractivity contribution in [1.29, 1.82) is 0 Å². The van der Waals surface area contributed by atoms with E-state index < -0.39 is 0 Å². The lowest BCUT2D eigenvalue weighted by atomic mass is 10.3. The van der Waals surface area contributed by atoms with Crippen molar-refractivity contribution in [2.75, 3.05) is 5.32 Å². The monoisotopic (exact) mass is 242 g/mol. The third kappa shape index (κ3) is 2.67. The third-order valence-electron chi connectivity index (χ3n) is 1.81. The van der Waals surface area contributed by atoms with Crippen molar-refractivity contribution < 1.29 is 4.79 Å². The molecule has 1 aromatic carbocycles. The van der Waals surface area contributed by atoms with Crippen LogP contribution in [0.25, 0.3) is 10.2 Å². The molecule has 15 heavy (non-hydrogen) atoms. The zero-order chi connectivity index (χ0) is 10.1. The molecule has 1 heterocycles. The number of aromatic nitrogens is 1. The number of thiazole rings is 1. The number of nitrogens with one attached hydrogen (secondary N) is 1. The van der Waals surface area contributed by atoms with Crippen molar-refractivity contribution in [3.8, 4) is 0 Å². The lowest BCUT2D eigenvalue weighted by Gasteiger charge is -1.99.